The Morgan fingerprint density at radius 3 is 2.86 bits per heavy atom. The van der Waals surface area contributed by atoms with E-state index in [1.165, 1.54) is 19.2 Å². The number of methoxy groups -OCH3 is 1. The monoisotopic (exact) mass is 198 g/mol. The molecule has 0 aliphatic rings. The van der Waals surface area contributed by atoms with Crippen LogP contribution in [0.25, 0.3) is 0 Å². The van der Waals surface area contributed by atoms with Crippen LogP contribution in [0.5, 0.6) is 5.75 Å². The van der Waals surface area contributed by atoms with Gasteiger partial charge in [-0.2, -0.15) is 0 Å². The average molecular weight is 198 g/mol. The molecule has 0 fully saturated rings. The predicted molar refractivity (Wildman–Crippen MR) is 50.0 cm³/mol. The summed E-state index contributed by atoms with van der Waals surface area (Å²) in [5.41, 5.74) is 5.33. The summed E-state index contributed by atoms with van der Waals surface area (Å²) in [4.78, 5) is 9.93. The molecule has 6 nitrogen and oxygen atoms in total. The minimum atomic E-state index is -0.561. The van der Waals surface area contributed by atoms with Crippen LogP contribution < -0.4 is 10.5 Å². The highest BCUT2D eigenvalue weighted by atomic mass is 16.7. The number of hydrogen-bond acceptors (Lipinski definition) is 5. The summed E-state index contributed by atoms with van der Waals surface area (Å²) in [6.45, 7) is 0.0427. The van der Waals surface area contributed by atoms with E-state index in [-0.39, 0.29) is 18.2 Å². The zero-order chi connectivity index (χ0) is 10.6. The number of nitrogens with zero attached hydrogens (tertiary/aromatic N) is 1. The minimum Gasteiger partial charge on any atom is -0.467 e. The van der Waals surface area contributed by atoms with E-state index in [1.54, 1.807) is 6.07 Å². The van der Waals surface area contributed by atoms with Gasteiger partial charge in [-0.05, 0) is 12.1 Å². The van der Waals surface area contributed by atoms with Crippen LogP contribution in [0.3, 0.4) is 0 Å². The zero-order valence-corrected chi connectivity index (χ0v) is 7.60. The first-order chi connectivity index (χ1) is 6.65. The fourth-order valence-corrected chi connectivity index (χ4v) is 0.898. The topological polar surface area (TPSA) is 87.6 Å². The van der Waals surface area contributed by atoms with Crippen molar-refractivity contribution in [2.45, 2.75) is 0 Å². The van der Waals surface area contributed by atoms with Gasteiger partial charge in [-0.3, -0.25) is 10.1 Å². The van der Waals surface area contributed by atoms with E-state index in [0.29, 0.717) is 5.75 Å². The van der Waals surface area contributed by atoms with Crippen LogP contribution >= 0.6 is 0 Å². The number of benzene rings is 1. The second-order valence-electron chi connectivity index (χ2n) is 2.53. The molecule has 14 heavy (non-hydrogen) atoms. The van der Waals surface area contributed by atoms with Crippen LogP contribution in [0.1, 0.15) is 0 Å². The lowest BCUT2D eigenvalue weighted by Crippen LogP contribution is -2.01. The van der Waals surface area contributed by atoms with Crippen molar-refractivity contribution < 1.29 is 14.4 Å². The molecule has 1 aromatic rings. The van der Waals surface area contributed by atoms with E-state index in [2.05, 4.69) is 4.74 Å². The number of nitro benzene ring substituents is 1. The van der Waals surface area contributed by atoms with Gasteiger partial charge in [0, 0.05) is 7.11 Å². The van der Waals surface area contributed by atoms with Crippen LogP contribution in [0, 0.1) is 10.1 Å². The number of hydrogen-bond donors (Lipinski definition) is 1. The van der Waals surface area contributed by atoms with E-state index in [4.69, 9.17) is 10.5 Å². The quantitative estimate of drug-likeness (QED) is 0.339. The molecule has 0 unspecified atom stereocenters. The minimum absolute atomic E-state index is 0.0427. The van der Waals surface area contributed by atoms with Gasteiger partial charge in [0.05, 0.1) is 11.0 Å². The third-order valence-electron chi connectivity index (χ3n) is 1.54. The molecular weight excluding hydrogens is 188 g/mol. The molecule has 0 amide bonds. The van der Waals surface area contributed by atoms with E-state index < -0.39 is 4.92 Å². The fourth-order valence-electron chi connectivity index (χ4n) is 0.898. The highest BCUT2D eigenvalue weighted by Gasteiger charge is 2.12. The first-order valence-electron chi connectivity index (χ1n) is 3.81. The van der Waals surface area contributed by atoms with Crippen LogP contribution in [-0.2, 0) is 4.74 Å². The fraction of sp³-hybridized carbons (Fsp3) is 0.250. The number of ether oxygens (including phenoxy) is 2. The van der Waals surface area contributed by atoms with Gasteiger partial charge in [-0.15, -0.1) is 0 Å². The summed E-state index contributed by atoms with van der Waals surface area (Å²) in [6.07, 6.45) is 0. The summed E-state index contributed by atoms with van der Waals surface area (Å²) in [6, 6.07) is 4.22. The first-order valence-corrected chi connectivity index (χ1v) is 3.81. The summed E-state index contributed by atoms with van der Waals surface area (Å²) in [5.74, 6) is 0.354. The number of rotatable bonds is 4. The third kappa shape index (κ3) is 2.33. The van der Waals surface area contributed by atoms with Crippen molar-refractivity contribution >= 4 is 11.4 Å². The molecule has 0 aromatic heterocycles. The van der Waals surface area contributed by atoms with Crippen molar-refractivity contribution in [2.24, 2.45) is 0 Å². The van der Waals surface area contributed by atoms with Crippen LogP contribution in [-0.4, -0.2) is 18.8 Å². The Kier molecular flexibility index (Phi) is 3.24. The third-order valence-corrected chi connectivity index (χ3v) is 1.54. The summed E-state index contributed by atoms with van der Waals surface area (Å²) >= 11 is 0. The van der Waals surface area contributed by atoms with Crippen LogP contribution in [0.15, 0.2) is 18.2 Å². The van der Waals surface area contributed by atoms with Gasteiger partial charge >= 0.3 is 0 Å². The van der Waals surface area contributed by atoms with Gasteiger partial charge in [0.15, 0.2) is 6.79 Å². The maximum atomic E-state index is 10.5. The Morgan fingerprint density at radius 1 is 1.57 bits per heavy atom. The lowest BCUT2D eigenvalue weighted by atomic mass is 10.2. The van der Waals surface area contributed by atoms with Crippen molar-refractivity contribution in [2.75, 3.05) is 19.6 Å². The summed E-state index contributed by atoms with van der Waals surface area (Å²) in [7, 11) is 1.46. The van der Waals surface area contributed by atoms with E-state index >= 15 is 0 Å². The highest BCUT2D eigenvalue weighted by Crippen LogP contribution is 2.26. The number of nitrogens with two attached hydrogens (primary N) is 1. The van der Waals surface area contributed by atoms with E-state index in [9.17, 15) is 10.1 Å². The second kappa shape index (κ2) is 4.43. The molecular formula is C8H10N2O4. The standard InChI is InChI=1S/C8H10N2O4/c1-13-5-14-6-2-3-7(9)8(4-6)10(11)12/h2-4H,5,9H2,1H3. The molecule has 0 heterocycles. The average Bonchev–Trinajstić information content (AvgIpc) is 2.16. The van der Waals surface area contributed by atoms with E-state index in [1.807, 2.05) is 0 Å². The van der Waals surface area contributed by atoms with Crippen molar-refractivity contribution in [1.29, 1.82) is 0 Å². The Hall–Kier alpha value is -1.82. The van der Waals surface area contributed by atoms with Gasteiger partial charge in [-0.25, -0.2) is 0 Å². The normalized spacial score (nSPS) is 9.79. The largest absolute Gasteiger partial charge is 0.467 e. The summed E-state index contributed by atoms with van der Waals surface area (Å²) in [5, 5.41) is 10.5. The SMILES string of the molecule is COCOc1ccc(N)c([N+](=O)[O-])c1. The molecule has 1 rings (SSSR count). The molecule has 2 N–H and O–H groups in total. The van der Waals surface area contributed by atoms with Crippen molar-refractivity contribution in [1.82, 2.24) is 0 Å². The lowest BCUT2D eigenvalue weighted by Gasteiger charge is -2.04. The molecule has 0 radical (unpaired) electrons. The lowest BCUT2D eigenvalue weighted by molar-refractivity contribution is -0.384. The highest BCUT2D eigenvalue weighted by molar-refractivity contribution is 5.60. The van der Waals surface area contributed by atoms with Gasteiger partial charge in [-0.1, -0.05) is 0 Å². The Morgan fingerprint density at radius 2 is 2.29 bits per heavy atom. The molecule has 6 heteroatoms. The predicted octanol–water partition coefficient (Wildman–Crippen LogP) is 1.16. The van der Waals surface area contributed by atoms with Gasteiger partial charge in [0.25, 0.3) is 5.69 Å². The molecule has 0 saturated heterocycles. The van der Waals surface area contributed by atoms with Crippen LogP contribution in [0.2, 0.25) is 0 Å². The van der Waals surface area contributed by atoms with Gasteiger partial charge < -0.3 is 15.2 Å². The van der Waals surface area contributed by atoms with Gasteiger partial charge in [0.1, 0.15) is 11.4 Å². The molecule has 1 aromatic carbocycles. The van der Waals surface area contributed by atoms with Crippen LogP contribution in [0.4, 0.5) is 11.4 Å². The molecule has 0 saturated carbocycles. The van der Waals surface area contributed by atoms with Crippen molar-refractivity contribution in [3.05, 3.63) is 28.3 Å². The molecule has 0 bridgehead atoms. The van der Waals surface area contributed by atoms with Crippen molar-refractivity contribution in [3.63, 3.8) is 0 Å². The number of nitrogen functional groups attached to an aromatic ring is 1. The molecule has 0 aliphatic heterocycles. The Bertz CT molecular complexity index is 340. The maximum Gasteiger partial charge on any atom is 0.295 e. The first kappa shape index (κ1) is 10.3. The number of nitro groups is 1. The smallest absolute Gasteiger partial charge is 0.295 e. The number of anilines is 1. The Balaban J connectivity index is 2.89. The Labute approximate surface area is 80.4 Å². The maximum absolute atomic E-state index is 10.5. The zero-order valence-electron chi connectivity index (χ0n) is 7.60. The molecule has 0 atom stereocenters. The molecule has 76 valence electrons. The summed E-state index contributed by atoms with van der Waals surface area (Å²) < 4.78 is 9.67. The molecule has 0 spiro atoms. The molecule has 0 aliphatic carbocycles. The van der Waals surface area contributed by atoms with Gasteiger partial charge in [0.2, 0.25) is 0 Å². The van der Waals surface area contributed by atoms with E-state index in [0.717, 1.165) is 0 Å². The second-order valence-corrected chi connectivity index (χ2v) is 2.53. The van der Waals surface area contributed by atoms with Crippen molar-refractivity contribution in [3.8, 4) is 5.75 Å².